The summed E-state index contributed by atoms with van der Waals surface area (Å²) in [5.74, 6) is 0.588. The van der Waals surface area contributed by atoms with Crippen molar-refractivity contribution in [2.75, 3.05) is 7.11 Å². The van der Waals surface area contributed by atoms with E-state index in [1.54, 1.807) is 31.6 Å². The van der Waals surface area contributed by atoms with E-state index in [4.69, 9.17) is 33.2 Å². The number of halogens is 2. The fourth-order valence-electron chi connectivity index (χ4n) is 1.82. The van der Waals surface area contributed by atoms with Crippen molar-refractivity contribution < 1.29 is 4.74 Å². The number of methoxy groups -OCH3 is 1. The van der Waals surface area contributed by atoms with Crippen molar-refractivity contribution in [3.63, 3.8) is 0 Å². The Balaban J connectivity index is 2.61. The summed E-state index contributed by atoms with van der Waals surface area (Å²) >= 11 is 11.9. The lowest BCUT2D eigenvalue weighted by Gasteiger charge is -2.11. The molecule has 1 aromatic carbocycles. The monoisotopic (exact) mass is 292 g/mol. The van der Waals surface area contributed by atoms with Gasteiger partial charge < -0.3 is 4.74 Å². The molecule has 0 amide bonds. The highest BCUT2D eigenvalue weighted by molar-refractivity contribution is 6.42. The van der Waals surface area contributed by atoms with Gasteiger partial charge in [0, 0.05) is 17.3 Å². The van der Waals surface area contributed by atoms with Gasteiger partial charge in [-0.25, -0.2) is 0 Å². The molecule has 3 nitrogen and oxygen atoms in total. The number of aromatic nitrogens is 1. The van der Waals surface area contributed by atoms with E-state index in [1.807, 2.05) is 6.07 Å². The van der Waals surface area contributed by atoms with Crippen molar-refractivity contribution in [3.8, 4) is 22.9 Å². The van der Waals surface area contributed by atoms with E-state index >= 15 is 0 Å². The Morgan fingerprint density at radius 3 is 2.68 bits per heavy atom. The van der Waals surface area contributed by atoms with Crippen LogP contribution in [0.5, 0.6) is 5.75 Å². The van der Waals surface area contributed by atoms with Crippen molar-refractivity contribution in [2.24, 2.45) is 0 Å². The van der Waals surface area contributed by atoms with Gasteiger partial charge in [0.25, 0.3) is 0 Å². The number of benzene rings is 1. The normalized spacial score (nSPS) is 10.0. The maximum absolute atomic E-state index is 8.94. The van der Waals surface area contributed by atoms with E-state index < -0.39 is 0 Å². The fourth-order valence-corrected chi connectivity index (χ4v) is 2.12. The minimum Gasteiger partial charge on any atom is -0.495 e. The number of ether oxygens (including phenoxy) is 1. The molecule has 0 aliphatic rings. The molecule has 0 bridgehead atoms. The summed E-state index contributed by atoms with van der Waals surface area (Å²) in [6.45, 7) is 0. The Morgan fingerprint density at radius 1 is 1.26 bits per heavy atom. The first kappa shape index (κ1) is 13.7. The standard InChI is InChI=1S/C14H10Cl2N2O/c1-19-14-8-18-7-11(10(14)4-5-17)9-2-3-12(15)13(16)6-9/h2-3,6-8H,4H2,1H3. The molecule has 0 radical (unpaired) electrons. The molecule has 0 aliphatic carbocycles. The van der Waals surface area contributed by atoms with E-state index in [0.717, 1.165) is 16.7 Å². The van der Waals surface area contributed by atoms with Gasteiger partial charge in [-0.2, -0.15) is 5.26 Å². The molecular formula is C14H10Cl2N2O. The smallest absolute Gasteiger partial charge is 0.141 e. The molecule has 0 unspecified atom stereocenters. The zero-order valence-corrected chi connectivity index (χ0v) is 11.7. The zero-order valence-electron chi connectivity index (χ0n) is 10.2. The predicted molar refractivity (Wildman–Crippen MR) is 75.6 cm³/mol. The average Bonchev–Trinajstić information content (AvgIpc) is 2.42. The van der Waals surface area contributed by atoms with Crippen LogP contribution in [0.2, 0.25) is 10.0 Å². The third kappa shape index (κ3) is 2.81. The highest BCUT2D eigenvalue weighted by Gasteiger charge is 2.12. The largest absolute Gasteiger partial charge is 0.495 e. The van der Waals surface area contributed by atoms with Crippen LogP contribution in [0.25, 0.3) is 11.1 Å². The van der Waals surface area contributed by atoms with Crippen LogP contribution >= 0.6 is 23.2 Å². The first-order valence-corrected chi connectivity index (χ1v) is 6.26. The quantitative estimate of drug-likeness (QED) is 0.854. The summed E-state index contributed by atoms with van der Waals surface area (Å²) in [5.41, 5.74) is 2.46. The van der Waals surface area contributed by atoms with Gasteiger partial charge in [-0.3, -0.25) is 4.98 Å². The minimum atomic E-state index is 0.237. The summed E-state index contributed by atoms with van der Waals surface area (Å²) in [7, 11) is 1.55. The predicted octanol–water partition coefficient (Wildman–Crippen LogP) is 4.13. The Kier molecular flexibility index (Phi) is 4.26. The lowest BCUT2D eigenvalue weighted by Crippen LogP contribution is -1.96. The molecule has 0 aliphatic heterocycles. The molecule has 19 heavy (non-hydrogen) atoms. The van der Waals surface area contributed by atoms with Gasteiger partial charge in [-0.1, -0.05) is 29.3 Å². The summed E-state index contributed by atoms with van der Waals surface area (Å²) in [6, 6.07) is 7.44. The molecule has 0 atom stereocenters. The number of hydrogen-bond donors (Lipinski definition) is 0. The van der Waals surface area contributed by atoms with Gasteiger partial charge in [-0.15, -0.1) is 0 Å². The molecule has 2 aromatic rings. The van der Waals surface area contributed by atoms with Crippen LogP contribution in [0.3, 0.4) is 0 Å². The molecule has 0 spiro atoms. The van der Waals surface area contributed by atoms with Crippen LogP contribution in [-0.2, 0) is 6.42 Å². The maximum Gasteiger partial charge on any atom is 0.141 e. The first-order valence-electron chi connectivity index (χ1n) is 5.50. The van der Waals surface area contributed by atoms with Crippen molar-refractivity contribution in [1.29, 1.82) is 5.26 Å². The Hall–Kier alpha value is -1.76. The Labute approximate surface area is 121 Å². The van der Waals surface area contributed by atoms with Gasteiger partial charge in [0.15, 0.2) is 0 Å². The summed E-state index contributed by atoms with van der Waals surface area (Å²) in [6.07, 6.45) is 3.52. The third-order valence-corrected chi connectivity index (χ3v) is 3.46. The van der Waals surface area contributed by atoms with Crippen LogP contribution < -0.4 is 4.74 Å². The van der Waals surface area contributed by atoms with Crippen LogP contribution in [-0.4, -0.2) is 12.1 Å². The molecule has 1 aromatic heterocycles. The Bertz CT molecular complexity index is 650. The number of hydrogen-bond acceptors (Lipinski definition) is 3. The molecule has 0 fully saturated rings. The maximum atomic E-state index is 8.94. The van der Waals surface area contributed by atoms with Crippen molar-refractivity contribution in [2.45, 2.75) is 6.42 Å². The summed E-state index contributed by atoms with van der Waals surface area (Å²) < 4.78 is 5.24. The van der Waals surface area contributed by atoms with Gasteiger partial charge in [0.05, 0.1) is 35.8 Å². The molecule has 5 heteroatoms. The number of nitrogens with zero attached hydrogens (tertiary/aromatic N) is 2. The van der Waals surface area contributed by atoms with E-state index in [1.165, 1.54) is 0 Å². The van der Waals surface area contributed by atoms with Crippen LogP contribution in [0.4, 0.5) is 0 Å². The molecule has 0 saturated heterocycles. The van der Waals surface area contributed by atoms with Crippen LogP contribution in [0, 0.1) is 11.3 Å². The van der Waals surface area contributed by atoms with E-state index in [9.17, 15) is 0 Å². The van der Waals surface area contributed by atoms with Gasteiger partial charge in [0.2, 0.25) is 0 Å². The summed E-state index contributed by atoms with van der Waals surface area (Å²) in [4.78, 5) is 4.12. The van der Waals surface area contributed by atoms with Crippen molar-refractivity contribution >= 4 is 23.2 Å². The van der Waals surface area contributed by atoms with E-state index in [2.05, 4.69) is 11.1 Å². The molecule has 2 rings (SSSR count). The second-order valence-corrected chi connectivity index (χ2v) is 4.65. The molecule has 0 N–H and O–H groups in total. The van der Waals surface area contributed by atoms with Gasteiger partial charge in [0.1, 0.15) is 5.75 Å². The SMILES string of the molecule is COc1cncc(-c2ccc(Cl)c(Cl)c2)c1CC#N. The first-order chi connectivity index (χ1) is 9.17. The summed E-state index contributed by atoms with van der Waals surface area (Å²) in [5, 5.41) is 9.89. The number of nitriles is 1. The van der Waals surface area contributed by atoms with E-state index in [-0.39, 0.29) is 6.42 Å². The van der Waals surface area contributed by atoms with Gasteiger partial charge >= 0.3 is 0 Å². The Morgan fingerprint density at radius 2 is 2.05 bits per heavy atom. The lowest BCUT2D eigenvalue weighted by molar-refractivity contribution is 0.409. The van der Waals surface area contributed by atoms with Crippen LogP contribution in [0.15, 0.2) is 30.6 Å². The molecule has 1 heterocycles. The number of pyridine rings is 1. The molecular weight excluding hydrogens is 283 g/mol. The third-order valence-electron chi connectivity index (χ3n) is 2.72. The van der Waals surface area contributed by atoms with Crippen LogP contribution in [0.1, 0.15) is 5.56 Å². The number of rotatable bonds is 3. The second-order valence-electron chi connectivity index (χ2n) is 3.83. The topological polar surface area (TPSA) is 45.9 Å². The molecule has 0 saturated carbocycles. The minimum absolute atomic E-state index is 0.237. The van der Waals surface area contributed by atoms with Crippen molar-refractivity contribution in [1.82, 2.24) is 4.98 Å². The van der Waals surface area contributed by atoms with Gasteiger partial charge in [-0.05, 0) is 17.7 Å². The second kappa shape index (κ2) is 5.92. The zero-order chi connectivity index (χ0) is 13.8. The lowest BCUT2D eigenvalue weighted by atomic mass is 9.99. The highest BCUT2D eigenvalue weighted by Crippen LogP contribution is 2.33. The highest BCUT2D eigenvalue weighted by atomic mass is 35.5. The fraction of sp³-hybridized carbons (Fsp3) is 0.143. The molecule has 96 valence electrons. The average molecular weight is 293 g/mol. The van der Waals surface area contributed by atoms with Crippen molar-refractivity contribution in [3.05, 3.63) is 46.2 Å². The van der Waals surface area contributed by atoms with E-state index in [0.29, 0.717) is 15.8 Å².